The van der Waals surface area contributed by atoms with Crippen molar-refractivity contribution in [2.24, 2.45) is 0 Å². The van der Waals surface area contributed by atoms with Gasteiger partial charge in [-0.2, -0.15) is 0 Å². The predicted octanol–water partition coefficient (Wildman–Crippen LogP) is -3.21. The van der Waals surface area contributed by atoms with Gasteiger partial charge in [-0.1, -0.05) is 5.21 Å². The second-order valence-corrected chi connectivity index (χ2v) is 5.16. The Labute approximate surface area is 128 Å². The Balaban J connectivity index is 1.78. The van der Waals surface area contributed by atoms with Crippen molar-refractivity contribution in [3.05, 3.63) is 45.0 Å². The number of aromatic nitrogens is 5. The van der Waals surface area contributed by atoms with Crippen LogP contribution in [0.1, 0.15) is 11.9 Å². The monoisotopic (exact) mass is 325 g/mol. The van der Waals surface area contributed by atoms with Crippen molar-refractivity contribution in [1.29, 1.82) is 0 Å². The standard InChI is InChI=1S/C12H15N5O6/c18-5-7-9(20)10(21)11(23-7)17-4-6(14-15-17)3-16-2-1-8(19)13-12(16)22/h1-2,4,7,9-11,18,20-21H,3,5H2,(H,13,19,22). The molecular formula is C12H15N5O6. The van der Waals surface area contributed by atoms with Crippen molar-refractivity contribution in [3.8, 4) is 0 Å². The van der Waals surface area contributed by atoms with E-state index in [1.54, 1.807) is 0 Å². The van der Waals surface area contributed by atoms with Crippen molar-refractivity contribution in [2.75, 3.05) is 6.61 Å². The number of rotatable bonds is 4. The van der Waals surface area contributed by atoms with Crippen LogP contribution in [0.3, 0.4) is 0 Å². The lowest BCUT2D eigenvalue weighted by molar-refractivity contribution is -0.0594. The van der Waals surface area contributed by atoms with Crippen molar-refractivity contribution in [1.82, 2.24) is 24.5 Å². The molecule has 1 saturated heterocycles. The second kappa shape index (κ2) is 6.04. The Morgan fingerprint density at radius 3 is 2.74 bits per heavy atom. The summed E-state index contributed by atoms with van der Waals surface area (Å²) in [6.07, 6.45) is -1.64. The molecule has 0 spiro atoms. The topological polar surface area (TPSA) is 155 Å². The highest BCUT2D eigenvalue weighted by atomic mass is 16.6. The van der Waals surface area contributed by atoms with Gasteiger partial charge in [-0.25, -0.2) is 9.48 Å². The summed E-state index contributed by atoms with van der Waals surface area (Å²) in [5, 5.41) is 36.4. The summed E-state index contributed by atoms with van der Waals surface area (Å²) in [6, 6.07) is 1.21. The molecule has 0 bridgehead atoms. The van der Waals surface area contributed by atoms with Crippen LogP contribution in [0.25, 0.3) is 0 Å². The van der Waals surface area contributed by atoms with E-state index in [1.165, 1.54) is 27.7 Å². The molecule has 2 aromatic rings. The van der Waals surface area contributed by atoms with E-state index in [1.807, 2.05) is 0 Å². The normalized spacial score (nSPS) is 27.4. The molecule has 11 nitrogen and oxygen atoms in total. The number of H-pyrrole nitrogens is 1. The van der Waals surface area contributed by atoms with Crippen LogP contribution < -0.4 is 11.2 Å². The van der Waals surface area contributed by atoms with E-state index in [4.69, 9.17) is 9.84 Å². The van der Waals surface area contributed by atoms with Crippen LogP contribution in [-0.2, 0) is 11.3 Å². The molecule has 4 atom stereocenters. The zero-order valence-corrected chi connectivity index (χ0v) is 11.8. The number of nitrogens with one attached hydrogen (secondary N) is 1. The van der Waals surface area contributed by atoms with E-state index in [9.17, 15) is 19.8 Å². The summed E-state index contributed by atoms with van der Waals surface area (Å²) in [5.74, 6) is 0. The van der Waals surface area contributed by atoms with E-state index in [0.717, 1.165) is 0 Å². The van der Waals surface area contributed by atoms with E-state index < -0.39 is 42.4 Å². The predicted molar refractivity (Wildman–Crippen MR) is 73.5 cm³/mol. The fraction of sp³-hybridized carbons (Fsp3) is 0.500. The number of hydrogen-bond acceptors (Lipinski definition) is 8. The van der Waals surface area contributed by atoms with E-state index >= 15 is 0 Å². The Morgan fingerprint density at radius 2 is 2.09 bits per heavy atom. The number of aliphatic hydroxyl groups excluding tert-OH is 3. The van der Waals surface area contributed by atoms with E-state index in [-0.39, 0.29) is 6.54 Å². The lowest BCUT2D eigenvalue weighted by Gasteiger charge is -2.13. The molecule has 1 fully saturated rings. The minimum Gasteiger partial charge on any atom is -0.394 e. The minimum absolute atomic E-state index is 0.0599. The van der Waals surface area contributed by atoms with Gasteiger partial charge < -0.3 is 20.1 Å². The van der Waals surface area contributed by atoms with Gasteiger partial charge in [0.1, 0.15) is 24.0 Å². The van der Waals surface area contributed by atoms with Crippen LogP contribution in [-0.4, -0.2) is 64.8 Å². The highest BCUT2D eigenvalue weighted by Crippen LogP contribution is 2.28. The molecule has 11 heteroatoms. The van der Waals surface area contributed by atoms with Gasteiger partial charge in [0.05, 0.1) is 19.3 Å². The van der Waals surface area contributed by atoms with Gasteiger partial charge in [0.15, 0.2) is 6.23 Å². The first-order valence-electron chi connectivity index (χ1n) is 6.82. The van der Waals surface area contributed by atoms with Crippen LogP contribution in [0.5, 0.6) is 0 Å². The summed E-state index contributed by atoms with van der Waals surface area (Å²) in [7, 11) is 0. The zero-order chi connectivity index (χ0) is 16.6. The molecule has 23 heavy (non-hydrogen) atoms. The Kier molecular flexibility index (Phi) is 4.09. The maximum absolute atomic E-state index is 11.6. The third-order valence-electron chi connectivity index (χ3n) is 3.56. The fourth-order valence-electron chi connectivity index (χ4n) is 2.35. The maximum Gasteiger partial charge on any atom is 0.328 e. The average molecular weight is 325 g/mol. The smallest absolute Gasteiger partial charge is 0.328 e. The lowest BCUT2D eigenvalue weighted by Crippen LogP contribution is -2.33. The van der Waals surface area contributed by atoms with Gasteiger partial charge in [-0.05, 0) is 0 Å². The van der Waals surface area contributed by atoms with Gasteiger partial charge in [-0.3, -0.25) is 14.3 Å². The molecule has 4 unspecified atom stereocenters. The molecule has 0 radical (unpaired) electrons. The van der Waals surface area contributed by atoms with E-state index in [0.29, 0.717) is 5.69 Å². The molecule has 0 saturated carbocycles. The van der Waals surface area contributed by atoms with Crippen molar-refractivity contribution in [3.63, 3.8) is 0 Å². The number of hydrogen-bond donors (Lipinski definition) is 4. The van der Waals surface area contributed by atoms with Crippen LogP contribution in [0.4, 0.5) is 0 Å². The minimum atomic E-state index is -1.27. The molecule has 0 amide bonds. The Bertz CT molecular complexity index is 797. The number of nitrogens with zero attached hydrogens (tertiary/aromatic N) is 4. The molecule has 1 aliphatic heterocycles. The van der Waals surface area contributed by atoms with Gasteiger partial charge >= 0.3 is 5.69 Å². The molecule has 1 aliphatic rings. The van der Waals surface area contributed by atoms with Crippen molar-refractivity contribution in [2.45, 2.75) is 31.1 Å². The summed E-state index contributed by atoms with van der Waals surface area (Å²) in [6.45, 7) is -0.381. The van der Waals surface area contributed by atoms with Gasteiger partial charge in [-0.15, -0.1) is 5.10 Å². The fourth-order valence-corrected chi connectivity index (χ4v) is 2.35. The average Bonchev–Trinajstić information content (AvgIpc) is 3.08. The Morgan fingerprint density at radius 1 is 1.30 bits per heavy atom. The molecule has 0 aromatic carbocycles. The lowest BCUT2D eigenvalue weighted by atomic mass is 10.1. The summed E-state index contributed by atoms with van der Waals surface area (Å²) < 4.78 is 7.75. The van der Waals surface area contributed by atoms with Gasteiger partial charge in [0.25, 0.3) is 5.56 Å². The maximum atomic E-state index is 11.6. The number of aromatic amines is 1. The van der Waals surface area contributed by atoms with Gasteiger partial charge in [0, 0.05) is 12.3 Å². The highest BCUT2D eigenvalue weighted by molar-refractivity contribution is 4.98. The molecule has 4 N–H and O–H groups in total. The Hall–Kier alpha value is -2.34. The van der Waals surface area contributed by atoms with Crippen LogP contribution in [0.15, 0.2) is 28.0 Å². The zero-order valence-electron chi connectivity index (χ0n) is 11.8. The van der Waals surface area contributed by atoms with Crippen molar-refractivity contribution < 1.29 is 20.1 Å². The van der Waals surface area contributed by atoms with Crippen LogP contribution >= 0.6 is 0 Å². The molecular weight excluding hydrogens is 310 g/mol. The van der Waals surface area contributed by atoms with Gasteiger partial charge in [0.2, 0.25) is 0 Å². The number of aliphatic hydroxyl groups is 3. The molecule has 3 rings (SSSR count). The third kappa shape index (κ3) is 2.94. The first kappa shape index (κ1) is 15.6. The van der Waals surface area contributed by atoms with E-state index in [2.05, 4.69) is 15.3 Å². The summed E-state index contributed by atoms with van der Waals surface area (Å²) in [5.41, 5.74) is -0.696. The summed E-state index contributed by atoms with van der Waals surface area (Å²) >= 11 is 0. The second-order valence-electron chi connectivity index (χ2n) is 5.16. The molecule has 2 aromatic heterocycles. The first-order chi connectivity index (χ1) is 11.0. The number of ether oxygens (including phenoxy) is 1. The molecule has 0 aliphatic carbocycles. The van der Waals surface area contributed by atoms with Crippen LogP contribution in [0.2, 0.25) is 0 Å². The third-order valence-corrected chi connectivity index (χ3v) is 3.56. The molecule has 124 valence electrons. The van der Waals surface area contributed by atoms with Crippen molar-refractivity contribution >= 4 is 0 Å². The highest BCUT2D eigenvalue weighted by Gasteiger charge is 2.43. The SMILES string of the molecule is O=c1ccn(Cc2cn(C3OC(CO)C(O)C3O)nn2)c(=O)[nH]1. The van der Waals surface area contributed by atoms with Crippen LogP contribution in [0, 0.1) is 0 Å². The largest absolute Gasteiger partial charge is 0.394 e. The first-order valence-corrected chi connectivity index (χ1v) is 6.82. The molecule has 3 heterocycles. The summed E-state index contributed by atoms with van der Waals surface area (Å²) in [4.78, 5) is 24.7. The quantitative estimate of drug-likeness (QED) is 0.458.